The molecule has 4 nitrogen and oxygen atoms in total. The van der Waals surface area contributed by atoms with Crippen LogP contribution < -0.4 is 0 Å². The fourth-order valence-corrected chi connectivity index (χ4v) is 4.07. The number of likely N-dealkylation sites (tertiary alicyclic amines) is 1. The molecular weight excluding hydrogens is 321 g/mol. The lowest BCUT2D eigenvalue weighted by Gasteiger charge is -2.32. The Morgan fingerprint density at radius 2 is 2.12 bits per heavy atom. The zero-order chi connectivity index (χ0) is 17.2. The second-order valence-corrected chi connectivity index (χ2v) is 7.50. The van der Waals surface area contributed by atoms with E-state index in [-0.39, 0.29) is 35.8 Å². The Morgan fingerprint density at radius 1 is 1.28 bits per heavy atom. The van der Waals surface area contributed by atoms with Crippen molar-refractivity contribution in [3.63, 3.8) is 0 Å². The maximum atomic E-state index is 13.3. The molecule has 4 rings (SSSR count). The average molecular weight is 347 g/mol. The van der Waals surface area contributed by atoms with Crippen LogP contribution in [0.1, 0.15) is 43.6 Å². The van der Waals surface area contributed by atoms with Gasteiger partial charge in [-0.3, -0.25) is 4.79 Å². The SMILES string of the molecule is O=C([C@@H]1C[C@H]1c1cccc(F)c1)N1CCC(OC[C@@H]2CCCO2)CC1. The number of rotatable bonds is 5. The molecule has 3 fully saturated rings. The Labute approximate surface area is 148 Å². The van der Waals surface area contributed by atoms with Crippen LogP contribution in [0, 0.1) is 11.7 Å². The van der Waals surface area contributed by atoms with Crippen molar-refractivity contribution < 1.29 is 18.7 Å². The maximum absolute atomic E-state index is 13.3. The molecule has 1 aromatic rings. The first-order valence-corrected chi connectivity index (χ1v) is 9.48. The Hall–Kier alpha value is -1.46. The highest BCUT2D eigenvalue weighted by atomic mass is 19.1. The van der Waals surface area contributed by atoms with Gasteiger partial charge < -0.3 is 14.4 Å². The number of piperidine rings is 1. The molecule has 3 atom stereocenters. The van der Waals surface area contributed by atoms with Gasteiger partial charge in [-0.15, -0.1) is 0 Å². The van der Waals surface area contributed by atoms with Gasteiger partial charge in [0.15, 0.2) is 0 Å². The van der Waals surface area contributed by atoms with Crippen LogP contribution in [0.5, 0.6) is 0 Å². The molecule has 0 aromatic heterocycles. The van der Waals surface area contributed by atoms with E-state index in [0.717, 1.165) is 57.4 Å². The smallest absolute Gasteiger partial charge is 0.226 e. The van der Waals surface area contributed by atoms with Gasteiger partial charge in [-0.05, 0) is 55.7 Å². The van der Waals surface area contributed by atoms with E-state index in [0.29, 0.717) is 6.61 Å². The predicted octanol–water partition coefficient (Wildman–Crippen LogP) is 3.12. The molecule has 2 aliphatic heterocycles. The van der Waals surface area contributed by atoms with Crippen molar-refractivity contribution in [2.75, 3.05) is 26.3 Å². The summed E-state index contributed by atoms with van der Waals surface area (Å²) < 4.78 is 24.9. The molecule has 2 heterocycles. The summed E-state index contributed by atoms with van der Waals surface area (Å²) in [5, 5.41) is 0. The highest BCUT2D eigenvalue weighted by Crippen LogP contribution is 2.48. The van der Waals surface area contributed by atoms with Crippen LogP contribution in [-0.4, -0.2) is 49.3 Å². The van der Waals surface area contributed by atoms with E-state index in [2.05, 4.69) is 0 Å². The standard InChI is InChI=1S/C20H26FNO3/c21-15-4-1-3-14(11-15)18-12-19(18)20(23)22-8-6-16(7-9-22)25-13-17-5-2-10-24-17/h1,3-4,11,16-19H,2,5-10,12-13H2/t17-,18-,19+/m0/s1. The third kappa shape index (κ3) is 4.04. The fraction of sp³-hybridized carbons (Fsp3) is 0.650. The van der Waals surface area contributed by atoms with E-state index < -0.39 is 0 Å². The molecule has 0 bridgehead atoms. The van der Waals surface area contributed by atoms with Crippen LogP contribution in [-0.2, 0) is 14.3 Å². The van der Waals surface area contributed by atoms with Gasteiger partial charge in [0.05, 0.1) is 18.8 Å². The van der Waals surface area contributed by atoms with Gasteiger partial charge in [-0.2, -0.15) is 0 Å². The van der Waals surface area contributed by atoms with Crippen molar-refractivity contribution in [1.82, 2.24) is 4.90 Å². The topological polar surface area (TPSA) is 38.8 Å². The molecule has 0 unspecified atom stereocenters. The number of hydrogen-bond donors (Lipinski definition) is 0. The van der Waals surface area contributed by atoms with Crippen molar-refractivity contribution in [2.45, 2.75) is 50.2 Å². The minimum atomic E-state index is -0.222. The second-order valence-electron chi connectivity index (χ2n) is 7.50. The molecule has 1 aromatic carbocycles. The first-order valence-electron chi connectivity index (χ1n) is 9.48. The van der Waals surface area contributed by atoms with E-state index in [4.69, 9.17) is 9.47 Å². The normalized spacial score (nSPS) is 29.8. The number of ether oxygens (including phenoxy) is 2. The number of carbonyl (C=O) groups is 1. The van der Waals surface area contributed by atoms with Gasteiger partial charge >= 0.3 is 0 Å². The lowest BCUT2D eigenvalue weighted by Crippen LogP contribution is -2.42. The third-order valence-electron chi connectivity index (χ3n) is 5.68. The van der Waals surface area contributed by atoms with Gasteiger partial charge in [0, 0.05) is 25.6 Å². The summed E-state index contributed by atoms with van der Waals surface area (Å²) in [7, 11) is 0. The predicted molar refractivity (Wildman–Crippen MR) is 91.8 cm³/mol. The molecule has 0 radical (unpaired) electrons. The lowest BCUT2D eigenvalue weighted by atomic mass is 10.1. The third-order valence-corrected chi connectivity index (χ3v) is 5.68. The molecule has 25 heavy (non-hydrogen) atoms. The van der Waals surface area contributed by atoms with Crippen LogP contribution in [0.25, 0.3) is 0 Å². The summed E-state index contributed by atoms with van der Waals surface area (Å²) in [6.45, 7) is 3.07. The van der Waals surface area contributed by atoms with E-state index in [9.17, 15) is 9.18 Å². The average Bonchev–Trinajstić information content (AvgIpc) is 3.27. The minimum absolute atomic E-state index is 0.0335. The molecule has 0 spiro atoms. The van der Waals surface area contributed by atoms with E-state index >= 15 is 0 Å². The Kier molecular flexibility index (Phi) is 5.04. The van der Waals surface area contributed by atoms with Gasteiger partial charge in [0.1, 0.15) is 5.82 Å². The Morgan fingerprint density at radius 3 is 2.84 bits per heavy atom. The molecule has 2 saturated heterocycles. The Bertz CT molecular complexity index is 609. The second kappa shape index (κ2) is 7.42. The highest BCUT2D eigenvalue weighted by Gasteiger charge is 2.46. The molecule has 0 N–H and O–H groups in total. The molecule has 1 amide bonds. The van der Waals surface area contributed by atoms with Crippen LogP contribution in [0.2, 0.25) is 0 Å². The molecule has 136 valence electrons. The summed E-state index contributed by atoms with van der Waals surface area (Å²) in [5.41, 5.74) is 0.952. The van der Waals surface area contributed by atoms with E-state index in [1.165, 1.54) is 6.07 Å². The summed E-state index contributed by atoms with van der Waals surface area (Å²) in [4.78, 5) is 14.6. The molecule has 1 saturated carbocycles. The van der Waals surface area contributed by atoms with Crippen molar-refractivity contribution in [3.8, 4) is 0 Å². The first kappa shape index (κ1) is 17.0. The number of hydrogen-bond acceptors (Lipinski definition) is 3. The van der Waals surface area contributed by atoms with Crippen LogP contribution >= 0.6 is 0 Å². The number of carbonyl (C=O) groups excluding carboxylic acids is 1. The monoisotopic (exact) mass is 347 g/mol. The number of halogens is 1. The Balaban J connectivity index is 1.22. The maximum Gasteiger partial charge on any atom is 0.226 e. The van der Waals surface area contributed by atoms with Crippen LogP contribution in [0.15, 0.2) is 24.3 Å². The zero-order valence-corrected chi connectivity index (χ0v) is 14.5. The zero-order valence-electron chi connectivity index (χ0n) is 14.5. The summed E-state index contributed by atoms with van der Waals surface area (Å²) in [6, 6.07) is 6.65. The summed E-state index contributed by atoms with van der Waals surface area (Å²) in [5.74, 6) is 0.231. The number of amides is 1. The van der Waals surface area contributed by atoms with Crippen molar-refractivity contribution in [3.05, 3.63) is 35.6 Å². The molecular formula is C20H26FNO3. The van der Waals surface area contributed by atoms with Crippen LogP contribution in [0.4, 0.5) is 4.39 Å². The summed E-state index contributed by atoms with van der Waals surface area (Å²) >= 11 is 0. The van der Waals surface area contributed by atoms with Gasteiger partial charge in [-0.25, -0.2) is 4.39 Å². The fourth-order valence-electron chi connectivity index (χ4n) is 4.07. The van der Waals surface area contributed by atoms with Gasteiger partial charge in [0.2, 0.25) is 5.91 Å². The highest BCUT2D eigenvalue weighted by molar-refractivity contribution is 5.83. The molecule has 1 aliphatic carbocycles. The first-order chi connectivity index (χ1) is 12.2. The quantitative estimate of drug-likeness (QED) is 0.821. The van der Waals surface area contributed by atoms with Crippen molar-refractivity contribution in [2.24, 2.45) is 5.92 Å². The lowest BCUT2D eigenvalue weighted by molar-refractivity contribution is -0.135. The molecule has 5 heteroatoms. The number of benzene rings is 1. The van der Waals surface area contributed by atoms with Crippen molar-refractivity contribution >= 4 is 5.91 Å². The van der Waals surface area contributed by atoms with Gasteiger partial charge in [0.25, 0.3) is 0 Å². The van der Waals surface area contributed by atoms with E-state index in [1.807, 2.05) is 11.0 Å². The molecule has 3 aliphatic rings. The minimum Gasteiger partial charge on any atom is -0.376 e. The van der Waals surface area contributed by atoms with E-state index in [1.54, 1.807) is 12.1 Å². The van der Waals surface area contributed by atoms with Gasteiger partial charge in [-0.1, -0.05) is 12.1 Å². The largest absolute Gasteiger partial charge is 0.376 e. The van der Waals surface area contributed by atoms with Crippen LogP contribution in [0.3, 0.4) is 0 Å². The number of nitrogens with zero attached hydrogens (tertiary/aromatic N) is 1. The summed E-state index contributed by atoms with van der Waals surface area (Å²) in [6.07, 6.45) is 5.38. The van der Waals surface area contributed by atoms with Crippen molar-refractivity contribution in [1.29, 1.82) is 0 Å².